The van der Waals surface area contributed by atoms with Crippen LogP contribution in [0.2, 0.25) is 0 Å². The summed E-state index contributed by atoms with van der Waals surface area (Å²) in [4.78, 5) is 26.1. The number of ether oxygens (including phenoxy) is 1. The second-order valence-electron chi connectivity index (χ2n) is 6.72. The Hall–Kier alpha value is -2.41. The molecule has 1 aromatic carbocycles. The zero-order valence-corrected chi connectivity index (χ0v) is 15.4. The van der Waals surface area contributed by atoms with Gasteiger partial charge in [0.25, 0.3) is 5.91 Å². The van der Waals surface area contributed by atoms with Gasteiger partial charge in [-0.2, -0.15) is 4.72 Å². The van der Waals surface area contributed by atoms with Gasteiger partial charge >= 0.3 is 5.97 Å². The number of carboxylic acid groups (broad SMARTS) is 1. The number of sulfonamides is 1. The topological polar surface area (TPSA) is 113 Å². The van der Waals surface area contributed by atoms with Gasteiger partial charge in [-0.05, 0) is 30.7 Å². The highest BCUT2D eigenvalue weighted by Crippen LogP contribution is 2.42. The van der Waals surface area contributed by atoms with Crippen molar-refractivity contribution >= 4 is 21.9 Å². The number of hydrogen-bond acceptors (Lipinski definition) is 5. The van der Waals surface area contributed by atoms with E-state index in [9.17, 15) is 23.1 Å². The summed E-state index contributed by atoms with van der Waals surface area (Å²) < 4.78 is 31.7. The third kappa shape index (κ3) is 3.56. The number of aliphatic carboxylic acids is 1. The molecular formula is C18H20N2O6S. The monoisotopic (exact) mass is 392 g/mol. The number of nitrogens with one attached hydrogen (secondary N) is 1. The summed E-state index contributed by atoms with van der Waals surface area (Å²) in [5.74, 6) is 0.700. The minimum atomic E-state index is -3.73. The van der Waals surface area contributed by atoms with Gasteiger partial charge in [0, 0.05) is 31.2 Å². The number of carbonyl (C=O) groups is 2. The van der Waals surface area contributed by atoms with Gasteiger partial charge < -0.3 is 14.7 Å². The average Bonchev–Trinajstić information content (AvgIpc) is 3.07. The van der Waals surface area contributed by atoms with Crippen LogP contribution >= 0.6 is 0 Å². The second-order valence-corrected chi connectivity index (χ2v) is 8.49. The first-order valence-corrected chi connectivity index (χ1v) is 9.92. The molecule has 0 spiro atoms. The molecule has 8 nitrogen and oxygen atoms in total. The summed E-state index contributed by atoms with van der Waals surface area (Å²) in [7, 11) is -3.73. The molecule has 0 radical (unpaired) electrons. The molecule has 27 heavy (non-hydrogen) atoms. The van der Waals surface area contributed by atoms with E-state index in [0.717, 1.165) is 0 Å². The summed E-state index contributed by atoms with van der Waals surface area (Å²) in [6.45, 7) is 0.974. The lowest BCUT2D eigenvalue weighted by atomic mass is 9.74. The maximum Gasteiger partial charge on any atom is 0.311 e. The molecule has 144 valence electrons. The predicted octanol–water partition coefficient (Wildman–Crippen LogP) is 0.161. The van der Waals surface area contributed by atoms with Gasteiger partial charge in [-0.1, -0.05) is 5.92 Å². The second kappa shape index (κ2) is 7.31. The van der Waals surface area contributed by atoms with Crippen molar-refractivity contribution in [3.8, 4) is 12.3 Å². The molecule has 2 heterocycles. The van der Waals surface area contributed by atoms with Gasteiger partial charge in [-0.3, -0.25) is 9.59 Å². The van der Waals surface area contributed by atoms with Crippen LogP contribution in [0.3, 0.4) is 0 Å². The molecule has 9 heteroatoms. The van der Waals surface area contributed by atoms with Crippen LogP contribution in [-0.2, 0) is 19.6 Å². The van der Waals surface area contributed by atoms with Gasteiger partial charge in [-0.15, -0.1) is 6.42 Å². The lowest BCUT2D eigenvalue weighted by molar-refractivity contribution is -0.157. The Morgan fingerprint density at radius 2 is 2.07 bits per heavy atom. The van der Waals surface area contributed by atoms with E-state index in [1.807, 2.05) is 0 Å². The summed E-state index contributed by atoms with van der Waals surface area (Å²) in [6.07, 6.45) is 5.42. The third-order valence-corrected chi connectivity index (χ3v) is 6.61. The van der Waals surface area contributed by atoms with Crippen molar-refractivity contribution in [3.05, 3.63) is 29.8 Å². The largest absolute Gasteiger partial charge is 0.481 e. The minimum Gasteiger partial charge on any atom is -0.481 e. The lowest BCUT2D eigenvalue weighted by Crippen LogP contribution is -2.45. The fraction of sp³-hybridized carbons (Fsp3) is 0.444. The minimum absolute atomic E-state index is 0.000187. The number of carboxylic acids is 1. The molecule has 2 atom stereocenters. The summed E-state index contributed by atoms with van der Waals surface area (Å²) >= 11 is 0. The SMILES string of the molecule is C#CCNS(=O)(=O)c1ccc(C(=O)N2C[C@H]3COCC[C@@]3(C(=O)O)C2)cc1. The van der Waals surface area contributed by atoms with E-state index in [2.05, 4.69) is 10.6 Å². The Morgan fingerprint density at radius 3 is 2.67 bits per heavy atom. The fourth-order valence-electron chi connectivity index (χ4n) is 3.63. The number of likely N-dealkylation sites (tertiary alicyclic amines) is 1. The van der Waals surface area contributed by atoms with Crippen molar-refractivity contribution in [3.63, 3.8) is 0 Å². The Labute approximate surface area is 157 Å². The Kier molecular flexibility index (Phi) is 5.24. The molecule has 0 unspecified atom stereocenters. The molecule has 1 amide bonds. The molecule has 2 fully saturated rings. The standard InChI is InChI=1S/C18H20N2O6S/c1-2-8-19-27(24,25)15-5-3-13(4-6-15)16(21)20-10-14-11-26-9-7-18(14,12-20)17(22)23/h1,3-6,14,19H,7-12H2,(H,22,23)/t14-,18+/m0/s1. The van der Waals surface area contributed by atoms with E-state index < -0.39 is 21.4 Å². The van der Waals surface area contributed by atoms with E-state index in [4.69, 9.17) is 11.2 Å². The molecule has 0 aromatic heterocycles. The van der Waals surface area contributed by atoms with Crippen LogP contribution in [0.1, 0.15) is 16.8 Å². The zero-order valence-electron chi connectivity index (χ0n) is 14.6. The smallest absolute Gasteiger partial charge is 0.311 e. The molecule has 0 bridgehead atoms. The molecule has 2 aliphatic rings. The van der Waals surface area contributed by atoms with Crippen LogP contribution in [0.25, 0.3) is 0 Å². The molecule has 0 aliphatic carbocycles. The van der Waals surface area contributed by atoms with Crippen molar-refractivity contribution in [2.24, 2.45) is 11.3 Å². The molecule has 2 aliphatic heterocycles. The first kappa shape index (κ1) is 19.4. The van der Waals surface area contributed by atoms with Crippen LogP contribution in [0, 0.1) is 23.7 Å². The third-order valence-electron chi connectivity index (χ3n) is 5.20. The molecule has 2 saturated heterocycles. The van der Waals surface area contributed by atoms with E-state index in [1.165, 1.54) is 29.2 Å². The van der Waals surface area contributed by atoms with Gasteiger partial charge in [0.2, 0.25) is 10.0 Å². The van der Waals surface area contributed by atoms with Crippen molar-refractivity contribution in [1.82, 2.24) is 9.62 Å². The Morgan fingerprint density at radius 1 is 1.37 bits per heavy atom. The number of nitrogens with zero attached hydrogens (tertiary/aromatic N) is 1. The maximum absolute atomic E-state index is 12.8. The first-order valence-electron chi connectivity index (χ1n) is 8.44. The van der Waals surface area contributed by atoms with E-state index >= 15 is 0 Å². The number of fused-ring (bicyclic) bond motifs is 1. The number of carbonyl (C=O) groups excluding carboxylic acids is 1. The average molecular weight is 392 g/mol. The van der Waals surface area contributed by atoms with E-state index in [0.29, 0.717) is 31.7 Å². The molecule has 3 rings (SSSR count). The highest BCUT2D eigenvalue weighted by molar-refractivity contribution is 7.89. The number of hydrogen-bond donors (Lipinski definition) is 2. The van der Waals surface area contributed by atoms with E-state index in [-0.39, 0.29) is 29.8 Å². The summed E-state index contributed by atoms with van der Waals surface area (Å²) in [6, 6.07) is 5.48. The maximum atomic E-state index is 12.8. The molecule has 2 N–H and O–H groups in total. The van der Waals surface area contributed by atoms with Gasteiger partial charge in [0.15, 0.2) is 0 Å². The van der Waals surface area contributed by atoms with Gasteiger partial charge in [-0.25, -0.2) is 8.42 Å². The van der Waals surface area contributed by atoms with E-state index in [1.54, 1.807) is 0 Å². The highest BCUT2D eigenvalue weighted by Gasteiger charge is 2.54. The molecular weight excluding hydrogens is 372 g/mol. The zero-order chi connectivity index (χ0) is 19.7. The van der Waals surface area contributed by atoms with Crippen LogP contribution in [0.5, 0.6) is 0 Å². The van der Waals surface area contributed by atoms with Crippen molar-refractivity contribution in [2.45, 2.75) is 11.3 Å². The number of amides is 1. The van der Waals surface area contributed by atoms with Gasteiger partial charge in [0.05, 0.1) is 23.5 Å². The number of terminal acetylenes is 1. The Bertz CT molecular complexity index is 889. The summed E-state index contributed by atoms with van der Waals surface area (Å²) in [5, 5.41) is 9.68. The molecule has 0 saturated carbocycles. The predicted molar refractivity (Wildman–Crippen MR) is 95.4 cm³/mol. The normalized spacial score (nSPS) is 24.9. The first-order chi connectivity index (χ1) is 12.8. The van der Waals surface area contributed by atoms with Crippen molar-refractivity contribution < 1.29 is 27.9 Å². The lowest BCUT2D eigenvalue weighted by Gasteiger charge is -2.33. The van der Waals surface area contributed by atoms with Crippen molar-refractivity contribution in [2.75, 3.05) is 32.8 Å². The number of rotatable bonds is 5. The Balaban J connectivity index is 1.77. The van der Waals surface area contributed by atoms with Crippen LogP contribution in [-0.4, -0.2) is 63.1 Å². The van der Waals surface area contributed by atoms with Gasteiger partial charge in [0.1, 0.15) is 0 Å². The quantitative estimate of drug-likeness (QED) is 0.691. The van der Waals surface area contributed by atoms with Crippen LogP contribution in [0.4, 0.5) is 0 Å². The summed E-state index contributed by atoms with van der Waals surface area (Å²) in [5.41, 5.74) is -0.679. The van der Waals surface area contributed by atoms with Crippen LogP contribution in [0.15, 0.2) is 29.2 Å². The fourth-order valence-corrected chi connectivity index (χ4v) is 4.57. The van der Waals surface area contributed by atoms with Crippen LogP contribution < -0.4 is 4.72 Å². The number of benzene rings is 1. The van der Waals surface area contributed by atoms with Crippen molar-refractivity contribution in [1.29, 1.82) is 0 Å². The molecule has 1 aromatic rings. The highest BCUT2D eigenvalue weighted by atomic mass is 32.2.